The molecule has 3 aromatic rings. The fraction of sp³-hybridized carbons (Fsp3) is 0.192. The van der Waals surface area contributed by atoms with Crippen LogP contribution >= 0.6 is 23.4 Å². The van der Waals surface area contributed by atoms with Crippen LogP contribution in [0.15, 0.2) is 88.7 Å². The number of amides is 1. The Balaban J connectivity index is 1.38. The van der Waals surface area contributed by atoms with Gasteiger partial charge in [0.25, 0.3) is 0 Å². The van der Waals surface area contributed by atoms with Gasteiger partial charge in [0.05, 0.1) is 0 Å². The van der Waals surface area contributed by atoms with Crippen molar-refractivity contribution in [2.45, 2.75) is 42.1 Å². The molecule has 0 saturated heterocycles. The van der Waals surface area contributed by atoms with Crippen LogP contribution in [0.25, 0.3) is 0 Å². The van der Waals surface area contributed by atoms with Crippen molar-refractivity contribution >= 4 is 46.7 Å². The van der Waals surface area contributed by atoms with Gasteiger partial charge < -0.3 is 10.1 Å². The lowest BCUT2D eigenvalue weighted by atomic mass is 10.1. The Morgan fingerprint density at radius 2 is 1.61 bits per heavy atom. The highest BCUT2D eigenvalue weighted by Crippen LogP contribution is 2.28. The summed E-state index contributed by atoms with van der Waals surface area (Å²) >= 11 is 7.54. The number of carbonyl (C=O) groups excluding carboxylic acids is 3. The van der Waals surface area contributed by atoms with Crippen LogP contribution in [-0.2, 0) is 14.3 Å². The smallest absolute Gasteiger partial charge is 0.306 e. The summed E-state index contributed by atoms with van der Waals surface area (Å²) in [5, 5.41) is 3.27. The number of Topliss-reactive ketones (excluding diaryl/α,β-unsaturated/α-hetero) is 1. The molecular formula is C26H24ClNO4S. The molecule has 0 saturated carbocycles. The Bertz CT molecular complexity index is 1100. The standard InChI is InChI=1S/C26H24ClNO4S/c1-18(26(31)19-7-5-8-20(27)17-19)32-25(30)12-6-11-24(29)28-21-13-15-23(16-14-21)33-22-9-3-2-4-10-22/h2-5,7-10,13-18H,6,11-12H2,1H3,(H,28,29). The Morgan fingerprint density at radius 3 is 2.30 bits per heavy atom. The highest BCUT2D eigenvalue weighted by Gasteiger charge is 2.19. The van der Waals surface area contributed by atoms with E-state index in [2.05, 4.69) is 5.32 Å². The minimum absolute atomic E-state index is 0.0488. The van der Waals surface area contributed by atoms with E-state index < -0.39 is 12.1 Å². The predicted octanol–water partition coefficient (Wildman–Crippen LogP) is 6.41. The molecule has 0 fully saturated rings. The normalized spacial score (nSPS) is 11.5. The minimum Gasteiger partial charge on any atom is -0.454 e. The summed E-state index contributed by atoms with van der Waals surface area (Å²) in [7, 11) is 0. The first-order valence-electron chi connectivity index (χ1n) is 10.5. The number of hydrogen-bond donors (Lipinski definition) is 1. The molecule has 1 N–H and O–H groups in total. The summed E-state index contributed by atoms with van der Waals surface area (Å²) in [6.07, 6.45) is -0.374. The summed E-state index contributed by atoms with van der Waals surface area (Å²) in [6.45, 7) is 1.52. The van der Waals surface area contributed by atoms with Gasteiger partial charge in [-0.1, -0.05) is 53.7 Å². The molecule has 0 aliphatic rings. The van der Waals surface area contributed by atoms with Crippen LogP contribution in [0, 0.1) is 0 Å². The molecule has 0 bridgehead atoms. The molecule has 1 amide bonds. The molecule has 0 aliphatic carbocycles. The first-order chi connectivity index (χ1) is 15.9. The van der Waals surface area contributed by atoms with Crippen LogP contribution in [0.3, 0.4) is 0 Å². The van der Waals surface area contributed by atoms with E-state index >= 15 is 0 Å². The van der Waals surface area contributed by atoms with Gasteiger partial charge in [0, 0.05) is 38.9 Å². The number of ketones is 1. The van der Waals surface area contributed by atoms with Crippen LogP contribution < -0.4 is 5.32 Å². The van der Waals surface area contributed by atoms with Crippen LogP contribution in [-0.4, -0.2) is 23.8 Å². The van der Waals surface area contributed by atoms with Crippen LogP contribution in [0.2, 0.25) is 5.02 Å². The van der Waals surface area contributed by atoms with Gasteiger partial charge in [-0.15, -0.1) is 0 Å². The zero-order valence-corrected chi connectivity index (χ0v) is 19.7. The molecule has 1 atom stereocenters. The molecule has 33 heavy (non-hydrogen) atoms. The van der Waals surface area contributed by atoms with Crippen molar-refractivity contribution in [2.24, 2.45) is 0 Å². The van der Waals surface area contributed by atoms with Crippen molar-refractivity contribution < 1.29 is 19.1 Å². The molecule has 3 rings (SSSR count). The maximum atomic E-state index is 12.3. The van der Waals surface area contributed by atoms with Crippen LogP contribution in [0.5, 0.6) is 0 Å². The fourth-order valence-electron chi connectivity index (χ4n) is 3.03. The van der Waals surface area contributed by atoms with Crippen molar-refractivity contribution in [3.63, 3.8) is 0 Å². The maximum Gasteiger partial charge on any atom is 0.306 e. The van der Waals surface area contributed by atoms with Crippen molar-refractivity contribution in [3.05, 3.63) is 89.4 Å². The Kier molecular flexibility index (Phi) is 9.10. The maximum absolute atomic E-state index is 12.3. The third kappa shape index (κ3) is 8.08. The van der Waals surface area contributed by atoms with Crippen LogP contribution in [0.1, 0.15) is 36.5 Å². The van der Waals surface area contributed by atoms with Gasteiger partial charge in [-0.05, 0) is 61.9 Å². The second-order valence-electron chi connectivity index (χ2n) is 7.35. The van der Waals surface area contributed by atoms with Crippen molar-refractivity contribution in [1.29, 1.82) is 0 Å². The monoisotopic (exact) mass is 481 g/mol. The molecule has 1 unspecified atom stereocenters. The topological polar surface area (TPSA) is 72.5 Å². The zero-order chi connectivity index (χ0) is 23.6. The molecule has 0 radical (unpaired) electrons. The minimum atomic E-state index is -0.919. The van der Waals surface area contributed by atoms with E-state index in [4.69, 9.17) is 16.3 Å². The van der Waals surface area contributed by atoms with E-state index in [1.165, 1.54) is 13.0 Å². The molecule has 7 heteroatoms. The summed E-state index contributed by atoms with van der Waals surface area (Å²) in [5.41, 5.74) is 1.08. The number of halogens is 1. The zero-order valence-electron chi connectivity index (χ0n) is 18.1. The lowest BCUT2D eigenvalue weighted by Crippen LogP contribution is -2.24. The molecule has 5 nitrogen and oxygen atoms in total. The van der Waals surface area contributed by atoms with E-state index in [9.17, 15) is 14.4 Å². The first kappa shape index (κ1) is 24.6. The predicted molar refractivity (Wildman–Crippen MR) is 131 cm³/mol. The molecule has 0 aliphatic heterocycles. The molecule has 0 heterocycles. The average molecular weight is 482 g/mol. The molecule has 0 spiro atoms. The summed E-state index contributed by atoms with van der Waals surface area (Å²) in [4.78, 5) is 38.8. The largest absolute Gasteiger partial charge is 0.454 e. The number of nitrogens with one attached hydrogen (secondary N) is 1. The van der Waals surface area contributed by atoms with E-state index in [1.807, 2.05) is 54.6 Å². The van der Waals surface area contributed by atoms with Crippen molar-refractivity contribution in [2.75, 3.05) is 5.32 Å². The van der Waals surface area contributed by atoms with Gasteiger partial charge in [0.2, 0.25) is 11.7 Å². The number of esters is 1. The summed E-state index contributed by atoms with van der Waals surface area (Å²) in [6, 6.07) is 24.1. The first-order valence-corrected chi connectivity index (χ1v) is 11.7. The van der Waals surface area contributed by atoms with E-state index in [0.29, 0.717) is 22.7 Å². The highest BCUT2D eigenvalue weighted by atomic mass is 35.5. The molecule has 170 valence electrons. The van der Waals surface area contributed by atoms with Crippen LogP contribution in [0.4, 0.5) is 5.69 Å². The second kappa shape index (κ2) is 12.2. The number of benzene rings is 3. The SMILES string of the molecule is CC(OC(=O)CCCC(=O)Nc1ccc(Sc2ccccc2)cc1)C(=O)c1cccc(Cl)c1. The third-order valence-electron chi connectivity index (χ3n) is 4.69. The number of carbonyl (C=O) groups is 3. The number of hydrogen-bond acceptors (Lipinski definition) is 5. The van der Waals surface area contributed by atoms with Gasteiger partial charge in [0.15, 0.2) is 6.10 Å². The van der Waals surface area contributed by atoms with Gasteiger partial charge >= 0.3 is 5.97 Å². The second-order valence-corrected chi connectivity index (χ2v) is 8.93. The van der Waals surface area contributed by atoms with Gasteiger partial charge in [0.1, 0.15) is 0 Å². The lowest BCUT2D eigenvalue weighted by molar-refractivity contribution is -0.146. The van der Waals surface area contributed by atoms with Crippen molar-refractivity contribution in [1.82, 2.24) is 0 Å². The van der Waals surface area contributed by atoms with Gasteiger partial charge in [-0.3, -0.25) is 14.4 Å². The fourth-order valence-corrected chi connectivity index (χ4v) is 4.06. The summed E-state index contributed by atoms with van der Waals surface area (Å²) < 4.78 is 5.20. The third-order valence-corrected chi connectivity index (χ3v) is 5.94. The highest BCUT2D eigenvalue weighted by molar-refractivity contribution is 7.99. The Labute approximate surface area is 202 Å². The van der Waals surface area contributed by atoms with Gasteiger partial charge in [-0.25, -0.2) is 0 Å². The van der Waals surface area contributed by atoms with E-state index in [1.54, 1.807) is 30.0 Å². The lowest BCUT2D eigenvalue weighted by Gasteiger charge is -2.12. The van der Waals surface area contributed by atoms with Crippen molar-refractivity contribution in [3.8, 4) is 0 Å². The molecule has 3 aromatic carbocycles. The van der Waals surface area contributed by atoms with Gasteiger partial charge in [-0.2, -0.15) is 0 Å². The number of rotatable bonds is 10. The Morgan fingerprint density at radius 1 is 0.909 bits per heavy atom. The number of anilines is 1. The Hall–Kier alpha value is -3.09. The van der Waals surface area contributed by atoms with E-state index in [-0.39, 0.29) is 24.5 Å². The number of ether oxygens (including phenoxy) is 1. The summed E-state index contributed by atoms with van der Waals surface area (Å²) in [5.74, 6) is -1.03. The quantitative estimate of drug-likeness (QED) is 0.267. The molecule has 0 aromatic heterocycles. The van der Waals surface area contributed by atoms with E-state index in [0.717, 1.165) is 9.79 Å². The molecular weight excluding hydrogens is 458 g/mol. The average Bonchev–Trinajstić information content (AvgIpc) is 2.80.